The monoisotopic (exact) mass is 273 g/mol. The van der Waals surface area contributed by atoms with E-state index in [9.17, 15) is 0 Å². The lowest BCUT2D eigenvalue weighted by molar-refractivity contribution is 0.200. The molecule has 1 N–H and O–H groups in total. The van der Waals surface area contributed by atoms with E-state index in [1.54, 1.807) is 0 Å². The van der Waals surface area contributed by atoms with Gasteiger partial charge in [0.25, 0.3) is 0 Å². The zero-order chi connectivity index (χ0) is 13.1. The number of piperazine rings is 1. The first-order valence-corrected chi connectivity index (χ1v) is 7.62. The summed E-state index contributed by atoms with van der Waals surface area (Å²) in [5, 5.41) is 5.67. The van der Waals surface area contributed by atoms with Gasteiger partial charge in [0.1, 0.15) is 0 Å². The fourth-order valence-electron chi connectivity index (χ4n) is 2.64. The van der Waals surface area contributed by atoms with Crippen LogP contribution in [0.5, 0.6) is 0 Å². The van der Waals surface area contributed by atoms with Gasteiger partial charge in [0, 0.05) is 43.4 Å². The molecule has 1 saturated heterocycles. The summed E-state index contributed by atoms with van der Waals surface area (Å²) in [5.74, 6) is 0. The topological polar surface area (TPSA) is 28.2 Å². The molecule has 0 radical (unpaired) electrons. The maximum atomic E-state index is 4.14. The number of aryl methyl sites for hydroxylation is 1. The Labute approximate surface area is 118 Å². The summed E-state index contributed by atoms with van der Waals surface area (Å²) in [7, 11) is 0. The highest BCUT2D eigenvalue weighted by Gasteiger charge is 2.24. The summed E-state index contributed by atoms with van der Waals surface area (Å²) in [6.45, 7) is 6.52. The van der Waals surface area contributed by atoms with Crippen LogP contribution in [-0.4, -0.2) is 36.1 Å². The van der Waals surface area contributed by atoms with Crippen LogP contribution in [0, 0.1) is 6.92 Å². The van der Waals surface area contributed by atoms with Crippen molar-refractivity contribution < 1.29 is 0 Å². The van der Waals surface area contributed by atoms with E-state index in [0.29, 0.717) is 6.04 Å². The van der Waals surface area contributed by atoms with Crippen LogP contribution in [-0.2, 0) is 0 Å². The molecule has 0 amide bonds. The zero-order valence-corrected chi connectivity index (χ0v) is 12.0. The second kappa shape index (κ2) is 5.82. The van der Waals surface area contributed by atoms with E-state index in [1.165, 1.54) is 16.0 Å². The van der Waals surface area contributed by atoms with Crippen molar-refractivity contribution in [3.63, 3.8) is 0 Å². The van der Waals surface area contributed by atoms with Gasteiger partial charge in [-0.05, 0) is 41.6 Å². The smallest absolute Gasteiger partial charge is 0.0698 e. The third-order valence-corrected chi connectivity index (χ3v) is 4.66. The van der Waals surface area contributed by atoms with Crippen molar-refractivity contribution in [2.75, 3.05) is 26.2 Å². The molecule has 2 aromatic rings. The molecule has 1 unspecified atom stereocenters. The molecule has 3 heterocycles. The Balaban J connectivity index is 1.95. The Morgan fingerprint density at radius 2 is 2.00 bits per heavy atom. The van der Waals surface area contributed by atoms with E-state index >= 15 is 0 Å². The van der Waals surface area contributed by atoms with Crippen LogP contribution in [0.25, 0.3) is 0 Å². The molecule has 3 nitrogen and oxygen atoms in total. The quantitative estimate of drug-likeness (QED) is 0.931. The zero-order valence-electron chi connectivity index (χ0n) is 11.2. The minimum absolute atomic E-state index is 0.379. The van der Waals surface area contributed by atoms with Gasteiger partial charge in [0.2, 0.25) is 0 Å². The Bertz CT molecular complexity index is 517. The number of hydrogen-bond acceptors (Lipinski definition) is 4. The first kappa shape index (κ1) is 12.8. The molecule has 0 saturated carbocycles. The fourth-order valence-corrected chi connectivity index (χ4v) is 3.70. The Kier molecular flexibility index (Phi) is 3.92. The van der Waals surface area contributed by atoms with Crippen LogP contribution in [0.15, 0.2) is 36.0 Å². The van der Waals surface area contributed by atoms with Crippen LogP contribution in [0.3, 0.4) is 0 Å². The number of thiophene rings is 1. The van der Waals surface area contributed by atoms with Crippen molar-refractivity contribution in [2.45, 2.75) is 13.0 Å². The van der Waals surface area contributed by atoms with Gasteiger partial charge in [0.05, 0.1) is 6.04 Å². The van der Waals surface area contributed by atoms with E-state index < -0.39 is 0 Å². The van der Waals surface area contributed by atoms with Crippen LogP contribution >= 0.6 is 11.3 Å². The molecule has 0 aromatic carbocycles. The predicted octanol–water partition coefficient (Wildman–Crippen LogP) is 2.45. The first-order valence-electron chi connectivity index (χ1n) is 6.74. The summed E-state index contributed by atoms with van der Waals surface area (Å²) in [6.07, 6.45) is 3.79. The van der Waals surface area contributed by atoms with Crippen molar-refractivity contribution in [1.82, 2.24) is 15.2 Å². The van der Waals surface area contributed by atoms with Gasteiger partial charge in [0.15, 0.2) is 0 Å². The SMILES string of the molecule is Cc1csc(C(c2ccncc2)N2CCNCC2)c1. The molecule has 0 bridgehead atoms. The standard InChI is InChI=1S/C15H19N3S/c1-12-10-14(19-11-12)15(13-2-4-16-5-3-13)18-8-6-17-7-9-18/h2-5,10-11,15,17H,6-9H2,1H3. The van der Waals surface area contributed by atoms with Crippen molar-refractivity contribution in [3.8, 4) is 0 Å². The minimum atomic E-state index is 0.379. The summed E-state index contributed by atoms with van der Waals surface area (Å²) < 4.78 is 0. The molecule has 100 valence electrons. The molecule has 1 aliphatic heterocycles. The van der Waals surface area contributed by atoms with Gasteiger partial charge >= 0.3 is 0 Å². The number of pyridine rings is 1. The third-order valence-electron chi connectivity index (χ3n) is 3.56. The highest BCUT2D eigenvalue weighted by atomic mass is 32.1. The summed E-state index contributed by atoms with van der Waals surface area (Å²) >= 11 is 1.86. The average molecular weight is 273 g/mol. The third kappa shape index (κ3) is 2.86. The van der Waals surface area contributed by atoms with Crippen LogP contribution in [0.2, 0.25) is 0 Å². The summed E-state index contributed by atoms with van der Waals surface area (Å²) in [5.41, 5.74) is 2.70. The number of aromatic nitrogens is 1. The lowest BCUT2D eigenvalue weighted by atomic mass is 10.0. The average Bonchev–Trinajstić information content (AvgIpc) is 2.88. The predicted molar refractivity (Wildman–Crippen MR) is 79.6 cm³/mol. The maximum Gasteiger partial charge on any atom is 0.0698 e. The molecule has 1 fully saturated rings. The Morgan fingerprint density at radius 1 is 1.26 bits per heavy atom. The van der Waals surface area contributed by atoms with E-state index in [-0.39, 0.29) is 0 Å². The maximum absolute atomic E-state index is 4.14. The number of nitrogens with zero attached hydrogens (tertiary/aromatic N) is 2. The number of hydrogen-bond donors (Lipinski definition) is 1. The van der Waals surface area contributed by atoms with Crippen LogP contribution < -0.4 is 5.32 Å². The molecule has 0 spiro atoms. The van der Waals surface area contributed by atoms with Crippen molar-refractivity contribution >= 4 is 11.3 Å². The molecule has 0 aliphatic carbocycles. The highest BCUT2D eigenvalue weighted by molar-refractivity contribution is 7.10. The van der Waals surface area contributed by atoms with E-state index in [0.717, 1.165) is 26.2 Å². The largest absolute Gasteiger partial charge is 0.314 e. The lowest BCUT2D eigenvalue weighted by Crippen LogP contribution is -2.45. The van der Waals surface area contributed by atoms with Crippen molar-refractivity contribution in [1.29, 1.82) is 0 Å². The summed E-state index contributed by atoms with van der Waals surface area (Å²) in [4.78, 5) is 8.15. The molecule has 1 aliphatic rings. The summed E-state index contributed by atoms with van der Waals surface area (Å²) in [6, 6.07) is 6.98. The second-order valence-corrected chi connectivity index (χ2v) is 5.94. The van der Waals surface area contributed by atoms with Gasteiger partial charge in [-0.25, -0.2) is 0 Å². The lowest BCUT2D eigenvalue weighted by Gasteiger charge is -2.34. The van der Waals surface area contributed by atoms with Gasteiger partial charge in [-0.3, -0.25) is 9.88 Å². The Morgan fingerprint density at radius 3 is 2.63 bits per heavy atom. The van der Waals surface area contributed by atoms with Gasteiger partial charge in [-0.1, -0.05) is 0 Å². The molecular formula is C15H19N3S. The van der Waals surface area contributed by atoms with Gasteiger partial charge in [-0.15, -0.1) is 11.3 Å². The van der Waals surface area contributed by atoms with Crippen LogP contribution in [0.4, 0.5) is 0 Å². The van der Waals surface area contributed by atoms with E-state index in [4.69, 9.17) is 0 Å². The van der Waals surface area contributed by atoms with E-state index in [1.807, 2.05) is 23.7 Å². The second-order valence-electron chi connectivity index (χ2n) is 5.00. The molecule has 4 heteroatoms. The number of nitrogens with one attached hydrogen (secondary N) is 1. The van der Waals surface area contributed by atoms with Crippen LogP contribution in [0.1, 0.15) is 22.0 Å². The molecule has 3 rings (SSSR count). The van der Waals surface area contributed by atoms with Crippen molar-refractivity contribution in [2.24, 2.45) is 0 Å². The van der Waals surface area contributed by atoms with Gasteiger partial charge in [-0.2, -0.15) is 0 Å². The molecular weight excluding hydrogens is 254 g/mol. The minimum Gasteiger partial charge on any atom is -0.314 e. The van der Waals surface area contributed by atoms with Crippen molar-refractivity contribution in [3.05, 3.63) is 52.0 Å². The highest BCUT2D eigenvalue weighted by Crippen LogP contribution is 2.32. The number of rotatable bonds is 3. The molecule has 1 atom stereocenters. The molecule has 19 heavy (non-hydrogen) atoms. The fraction of sp³-hybridized carbons (Fsp3) is 0.400. The van der Waals surface area contributed by atoms with E-state index in [2.05, 4.69) is 45.7 Å². The van der Waals surface area contributed by atoms with Gasteiger partial charge < -0.3 is 5.32 Å². The molecule has 2 aromatic heterocycles. The normalized spacial score (nSPS) is 18.4. The first-order chi connectivity index (χ1) is 9.34. The Hall–Kier alpha value is -1.23.